The summed E-state index contributed by atoms with van der Waals surface area (Å²) in [5.41, 5.74) is 3.28. The lowest BCUT2D eigenvalue weighted by molar-refractivity contribution is -0.907. The van der Waals surface area contributed by atoms with E-state index in [2.05, 4.69) is 23.5 Å². The molecule has 0 aliphatic carbocycles. The highest BCUT2D eigenvalue weighted by Gasteiger charge is 2.22. The van der Waals surface area contributed by atoms with Gasteiger partial charge < -0.3 is 10.2 Å². The van der Waals surface area contributed by atoms with Crippen LogP contribution in [-0.2, 0) is 27.8 Å². The molecule has 1 atom stereocenters. The van der Waals surface area contributed by atoms with Gasteiger partial charge in [0.1, 0.15) is 6.54 Å². The normalized spacial score (nSPS) is 17.0. The molecule has 2 N–H and O–H groups in total. The fraction of sp³-hybridized carbons (Fsp3) is 0.316. The van der Waals surface area contributed by atoms with E-state index in [1.807, 2.05) is 6.07 Å². The van der Waals surface area contributed by atoms with Crippen molar-refractivity contribution < 1.29 is 18.1 Å². The number of sulfonamides is 1. The second kappa shape index (κ2) is 7.57. The van der Waals surface area contributed by atoms with Crippen LogP contribution in [0, 0.1) is 0 Å². The van der Waals surface area contributed by atoms with Crippen LogP contribution in [0.25, 0.3) is 0 Å². The largest absolute Gasteiger partial charge is 0.323 e. The van der Waals surface area contributed by atoms with Gasteiger partial charge in [0.05, 0.1) is 11.4 Å². The summed E-state index contributed by atoms with van der Waals surface area (Å²) in [7, 11) is -0.475. The van der Waals surface area contributed by atoms with E-state index in [0.717, 1.165) is 23.8 Å². The number of rotatable bonds is 5. The second-order valence-corrected chi connectivity index (χ2v) is 8.88. The Kier molecular flexibility index (Phi) is 5.41. The molecule has 0 aromatic heterocycles. The number of nitrogens with one attached hydrogen (secondary N) is 2. The van der Waals surface area contributed by atoms with E-state index in [4.69, 9.17) is 0 Å². The third-order valence-electron chi connectivity index (χ3n) is 4.63. The van der Waals surface area contributed by atoms with Crippen LogP contribution >= 0.6 is 0 Å². The van der Waals surface area contributed by atoms with Crippen molar-refractivity contribution in [3.05, 3.63) is 59.7 Å². The molecule has 26 heavy (non-hydrogen) atoms. The van der Waals surface area contributed by atoms with Gasteiger partial charge >= 0.3 is 0 Å². The van der Waals surface area contributed by atoms with Crippen LogP contribution in [-0.4, -0.2) is 45.8 Å². The number of nitrogens with zero attached hydrogens (tertiary/aromatic N) is 1. The van der Waals surface area contributed by atoms with Crippen LogP contribution < -0.4 is 10.2 Å². The van der Waals surface area contributed by atoms with E-state index < -0.39 is 10.0 Å². The fourth-order valence-electron chi connectivity index (χ4n) is 3.15. The maximum atomic E-state index is 12.3. The standard InChI is InChI=1S/C19H23N3O3S/c1-21(2)26(24,25)18-9-7-17(8-10-18)20-19(23)14-22-12-11-15-5-3-4-6-16(15)13-22/h3-10H,11-14H2,1-2H3,(H,20,23)/p+1. The Morgan fingerprint density at radius 1 is 1.08 bits per heavy atom. The molecule has 0 saturated carbocycles. The summed E-state index contributed by atoms with van der Waals surface area (Å²) in [5.74, 6) is -0.0670. The summed E-state index contributed by atoms with van der Waals surface area (Å²) in [6.45, 7) is 2.18. The van der Waals surface area contributed by atoms with Crippen LogP contribution in [0.15, 0.2) is 53.4 Å². The number of quaternary nitrogens is 1. The van der Waals surface area contributed by atoms with Crippen molar-refractivity contribution >= 4 is 21.6 Å². The quantitative estimate of drug-likeness (QED) is 0.802. The molecular formula is C19H24N3O3S+. The molecule has 3 rings (SSSR count). The Morgan fingerprint density at radius 3 is 2.38 bits per heavy atom. The number of amides is 1. The number of hydrogen-bond donors (Lipinski definition) is 2. The topological polar surface area (TPSA) is 70.9 Å². The minimum Gasteiger partial charge on any atom is -0.323 e. The first-order valence-electron chi connectivity index (χ1n) is 8.59. The first-order chi connectivity index (χ1) is 12.4. The molecule has 2 aromatic carbocycles. The average molecular weight is 374 g/mol. The predicted molar refractivity (Wildman–Crippen MR) is 100 cm³/mol. The first-order valence-corrected chi connectivity index (χ1v) is 10.0. The highest BCUT2D eigenvalue weighted by Crippen LogP contribution is 2.16. The SMILES string of the molecule is CN(C)S(=O)(=O)c1ccc(NC(=O)C[NH+]2CCc3ccccc3C2)cc1. The molecule has 1 aliphatic heterocycles. The van der Waals surface area contributed by atoms with Gasteiger partial charge in [-0.1, -0.05) is 24.3 Å². The Morgan fingerprint density at radius 2 is 1.73 bits per heavy atom. The number of hydrogen-bond acceptors (Lipinski definition) is 3. The maximum absolute atomic E-state index is 12.3. The minimum absolute atomic E-state index is 0.0670. The number of carbonyl (C=O) groups excluding carboxylic acids is 1. The Hall–Kier alpha value is -2.22. The van der Waals surface area contributed by atoms with Crippen molar-refractivity contribution in [2.75, 3.05) is 32.5 Å². The summed E-state index contributed by atoms with van der Waals surface area (Å²) in [6.07, 6.45) is 0.982. The van der Waals surface area contributed by atoms with E-state index in [1.54, 1.807) is 12.1 Å². The summed E-state index contributed by atoms with van der Waals surface area (Å²) in [6, 6.07) is 14.6. The van der Waals surface area contributed by atoms with E-state index in [9.17, 15) is 13.2 Å². The summed E-state index contributed by atoms with van der Waals surface area (Å²) < 4.78 is 25.3. The second-order valence-electron chi connectivity index (χ2n) is 6.73. The zero-order valence-corrected chi connectivity index (χ0v) is 15.8. The van der Waals surface area contributed by atoms with Crippen molar-refractivity contribution in [2.45, 2.75) is 17.9 Å². The molecule has 0 bridgehead atoms. The van der Waals surface area contributed by atoms with Crippen LogP contribution in [0.5, 0.6) is 0 Å². The molecule has 0 fully saturated rings. The van der Waals surface area contributed by atoms with Gasteiger partial charge in [0.15, 0.2) is 6.54 Å². The molecule has 0 saturated heterocycles. The molecule has 7 heteroatoms. The molecule has 0 radical (unpaired) electrons. The molecule has 138 valence electrons. The first kappa shape index (κ1) is 18.6. The molecule has 6 nitrogen and oxygen atoms in total. The lowest BCUT2D eigenvalue weighted by Gasteiger charge is -2.25. The maximum Gasteiger partial charge on any atom is 0.279 e. The molecule has 1 unspecified atom stereocenters. The Bertz CT molecular complexity index is 893. The zero-order valence-electron chi connectivity index (χ0n) is 15.0. The van der Waals surface area contributed by atoms with E-state index in [1.165, 1.54) is 42.3 Å². The van der Waals surface area contributed by atoms with E-state index in [0.29, 0.717) is 12.2 Å². The number of benzene rings is 2. The van der Waals surface area contributed by atoms with Crippen LogP contribution in [0.4, 0.5) is 5.69 Å². The van der Waals surface area contributed by atoms with Crippen LogP contribution in [0.2, 0.25) is 0 Å². The average Bonchev–Trinajstić information content (AvgIpc) is 2.62. The number of carbonyl (C=O) groups is 1. The van der Waals surface area contributed by atoms with Gasteiger partial charge in [-0.05, 0) is 29.8 Å². The van der Waals surface area contributed by atoms with Gasteiger partial charge in [-0.3, -0.25) is 4.79 Å². The molecule has 1 amide bonds. The van der Waals surface area contributed by atoms with Gasteiger partial charge in [-0.2, -0.15) is 0 Å². The Labute approximate surface area is 154 Å². The monoisotopic (exact) mass is 374 g/mol. The number of fused-ring (bicyclic) bond motifs is 1. The lowest BCUT2D eigenvalue weighted by atomic mass is 10.00. The van der Waals surface area contributed by atoms with Gasteiger partial charge in [0, 0.05) is 31.8 Å². The predicted octanol–water partition coefficient (Wildman–Crippen LogP) is 0.517. The zero-order chi connectivity index (χ0) is 18.7. The van der Waals surface area contributed by atoms with Gasteiger partial charge in [0.2, 0.25) is 10.0 Å². The van der Waals surface area contributed by atoms with Crippen molar-refractivity contribution in [1.29, 1.82) is 0 Å². The van der Waals surface area contributed by atoms with Crippen LogP contribution in [0.3, 0.4) is 0 Å². The van der Waals surface area contributed by atoms with E-state index >= 15 is 0 Å². The Balaban J connectivity index is 1.59. The highest BCUT2D eigenvalue weighted by atomic mass is 32.2. The van der Waals surface area contributed by atoms with Gasteiger partial charge in [-0.15, -0.1) is 0 Å². The minimum atomic E-state index is -3.46. The molecule has 0 spiro atoms. The summed E-state index contributed by atoms with van der Waals surface area (Å²) in [4.78, 5) is 13.8. The fourth-order valence-corrected chi connectivity index (χ4v) is 4.05. The van der Waals surface area contributed by atoms with Crippen molar-refractivity contribution in [3.8, 4) is 0 Å². The smallest absolute Gasteiger partial charge is 0.279 e. The van der Waals surface area contributed by atoms with Crippen molar-refractivity contribution in [2.24, 2.45) is 0 Å². The van der Waals surface area contributed by atoms with Crippen molar-refractivity contribution in [3.63, 3.8) is 0 Å². The highest BCUT2D eigenvalue weighted by molar-refractivity contribution is 7.89. The van der Waals surface area contributed by atoms with Crippen molar-refractivity contribution in [1.82, 2.24) is 4.31 Å². The third kappa shape index (κ3) is 4.12. The molecular weight excluding hydrogens is 350 g/mol. The number of anilines is 1. The third-order valence-corrected chi connectivity index (χ3v) is 6.46. The molecule has 2 aromatic rings. The summed E-state index contributed by atoms with van der Waals surface area (Å²) in [5, 5.41) is 2.85. The van der Waals surface area contributed by atoms with Crippen LogP contribution in [0.1, 0.15) is 11.1 Å². The van der Waals surface area contributed by atoms with Gasteiger partial charge in [-0.25, -0.2) is 12.7 Å². The van der Waals surface area contributed by atoms with E-state index in [-0.39, 0.29) is 10.8 Å². The lowest BCUT2D eigenvalue weighted by Crippen LogP contribution is -3.12. The molecule has 1 heterocycles. The molecule has 1 aliphatic rings. The van der Waals surface area contributed by atoms with Gasteiger partial charge in [0.25, 0.3) is 5.91 Å². The summed E-state index contributed by atoms with van der Waals surface area (Å²) >= 11 is 0.